The summed E-state index contributed by atoms with van der Waals surface area (Å²) < 4.78 is 12.0. The van der Waals surface area contributed by atoms with Crippen LogP contribution in [-0.4, -0.2) is 19.7 Å². The van der Waals surface area contributed by atoms with E-state index < -0.39 is 0 Å². The summed E-state index contributed by atoms with van der Waals surface area (Å²) in [6.45, 7) is 2.22. The molecule has 0 aromatic heterocycles. The normalized spacial score (nSPS) is 11.2. The predicted molar refractivity (Wildman–Crippen MR) is 77.7 cm³/mol. The van der Waals surface area contributed by atoms with Crippen molar-refractivity contribution in [3.8, 4) is 5.75 Å². The fourth-order valence-corrected chi connectivity index (χ4v) is 2.58. The second-order valence-electron chi connectivity index (χ2n) is 3.44. The number of carbonyl (C=O) groups is 1. The molecular formula is C13H14Br2O3. The highest BCUT2D eigenvalue weighted by molar-refractivity contribution is 9.11. The van der Waals surface area contributed by atoms with Gasteiger partial charge in [-0.2, -0.15) is 0 Å². The van der Waals surface area contributed by atoms with Crippen LogP contribution < -0.4 is 4.74 Å². The molecule has 1 aromatic rings. The number of hydrogen-bond donors (Lipinski definition) is 0. The maximum atomic E-state index is 11.4. The lowest BCUT2D eigenvalue weighted by molar-refractivity contribution is -0.136. The van der Waals surface area contributed by atoms with Crippen LogP contribution in [0.25, 0.3) is 0 Å². The first-order chi connectivity index (χ1) is 8.60. The van der Waals surface area contributed by atoms with Crippen molar-refractivity contribution in [1.82, 2.24) is 0 Å². The zero-order chi connectivity index (χ0) is 13.5. The number of carbonyl (C=O) groups excluding carboxylic acids is 1. The maximum Gasteiger partial charge on any atom is 0.333 e. The Kier molecular flexibility index (Phi) is 6.43. The highest BCUT2D eigenvalue weighted by Crippen LogP contribution is 2.32. The lowest BCUT2D eigenvalue weighted by Gasteiger charge is -2.09. The van der Waals surface area contributed by atoms with E-state index in [4.69, 9.17) is 4.74 Å². The second-order valence-corrected chi connectivity index (χ2v) is 5.14. The first-order valence-electron chi connectivity index (χ1n) is 5.44. The van der Waals surface area contributed by atoms with Gasteiger partial charge in [0.15, 0.2) is 0 Å². The number of ether oxygens (including phenoxy) is 2. The minimum absolute atomic E-state index is 0.313. The summed E-state index contributed by atoms with van der Waals surface area (Å²) in [6, 6.07) is 5.69. The molecule has 18 heavy (non-hydrogen) atoms. The van der Waals surface area contributed by atoms with E-state index in [9.17, 15) is 4.79 Å². The van der Waals surface area contributed by atoms with Gasteiger partial charge < -0.3 is 9.47 Å². The third kappa shape index (κ3) is 4.14. The highest BCUT2D eigenvalue weighted by Gasteiger charge is 2.08. The monoisotopic (exact) mass is 376 g/mol. The van der Waals surface area contributed by atoms with Crippen molar-refractivity contribution >= 4 is 37.8 Å². The van der Waals surface area contributed by atoms with Gasteiger partial charge in [0.2, 0.25) is 0 Å². The van der Waals surface area contributed by atoms with Gasteiger partial charge in [0.05, 0.1) is 16.1 Å². The van der Waals surface area contributed by atoms with Crippen LogP contribution in [0, 0.1) is 0 Å². The Labute approximate surface area is 123 Å². The van der Waals surface area contributed by atoms with Gasteiger partial charge in [-0.3, -0.25) is 0 Å². The van der Waals surface area contributed by atoms with Crippen molar-refractivity contribution in [2.75, 3.05) is 13.7 Å². The molecule has 0 aliphatic heterocycles. The lowest BCUT2D eigenvalue weighted by Crippen LogP contribution is -2.06. The summed E-state index contributed by atoms with van der Waals surface area (Å²) in [5, 5.41) is 0. The molecule has 1 aromatic carbocycles. The van der Waals surface area contributed by atoms with Gasteiger partial charge in [0, 0.05) is 5.57 Å². The van der Waals surface area contributed by atoms with Gasteiger partial charge in [-0.1, -0.05) is 13.0 Å². The number of benzene rings is 1. The molecule has 0 N–H and O–H groups in total. The zero-order valence-electron chi connectivity index (χ0n) is 10.2. The van der Waals surface area contributed by atoms with E-state index in [1.807, 2.05) is 25.1 Å². The first kappa shape index (κ1) is 15.2. The molecule has 98 valence electrons. The molecule has 0 unspecified atom stereocenters. The molecule has 0 radical (unpaired) electrons. The van der Waals surface area contributed by atoms with Crippen LogP contribution in [0.1, 0.15) is 13.3 Å². The Morgan fingerprint density at radius 3 is 2.44 bits per heavy atom. The van der Waals surface area contributed by atoms with E-state index in [2.05, 4.69) is 36.6 Å². The Morgan fingerprint density at radius 1 is 1.33 bits per heavy atom. The van der Waals surface area contributed by atoms with Crippen molar-refractivity contribution in [3.05, 3.63) is 38.8 Å². The average Bonchev–Trinajstić information content (AvgIpc) is 2.37. The summed E-state index contributed by atoms with van der Waals surface area (Å²) in [6.07, 6.45) is 2.35. The number of hydrogen-bond acceptors (Lipinski definition) is 3. The SMILES string of the molecule is CCC(=CCOc1c(Br)cccc1Br)C(=O)OC. The molecule has 0 saturated heterocycles. The first-order valence-corrected chi connectivity index (χ1v) is 7.02. The van der Waals surface area contributed by atoms with Gasteiger partial charge in [-0.05, 0) is 56.5 Å². The van der Waals surface area contributed by atoms with Crippen molar-refractivity contribution in [1.29, 1.82) is 0 Å². The van der Waals surface area contributed by atoms with Crippen molar-refractivity contribution in [2.24, 2.45) is 0 Å². The summed E-state index contributed by atoms with van der Waals surface area (Å²) in [4.78, 5) is 11.4. The van der Waals surface area contributed by atoms with Crippen LogP contribution >= 0.6 is 31.9 Å². The minimum atomic E-state index is -0.313. The maximum absolute atomic E-state index is 11.4. The van der Waals surface area contributed by atoms with Crippen LogP contribution in [0.4, 0.5) is 0 Å². The number of esters is 1. The third-order valence-corrected chi connectivity index (χ3v) is 3.55. The fraction of sp³-hybridized carbons (Fsp3) is 0.308. The van der Waals surface area contributed by atoms with Gasteiger partial charge in [0.25, 0.3) is 0 Å². The number of methoxy groups -OCH3 is 1. The Morgan fingerprint density at radius 2 is 1.94 bits per heavy atom. The van der Waals surface area contributed by atoms with Crippen LogP contribution in [0.5, 0.6) is 5.75 Å². The van der Waals surface area contributed by atoms with Crippen LogP contribution in [0.2, 0.25) is 0 Å². The summed E-state index contributed by atoms with van der Waals surface area (Å²) in [5.74, 6) is 0.404. The molecule has 0 atom stereocenters. The van der Waals surface area contributed by atoms with Crippen LogP contribution in [0.15, 0.2) is 38.8 Å². The van der Waals surface area contributed by atoms with E-state index in [0.717, 1.165) is 8.95 Å². The summed E-state index contributed by atoms with van der Waals surface area (Å²) >= 11 is 6.81. The second kappa shape index (κ2) is 7.59. The van der Waals surface area contributed by atoms with Gasteiger partial charge >= 0.3 is 5.97 Å². The molecule has 0 heterocycles. The Bertz CT molecular complexity index is 435. The van der Waals surface area contributed by atoms with Crippen molar-refractivity contribution in [2.45, 2.75) is 13.3 Å². The standard InChI is InChI=1S/C13H14Br2O3/c1-3-9(13(16)17-2)7-8-18-12-10(14)5-4-6-11(12)15/h4-7H,3,8H2,1-2H3. The number of rotatable bonds is 5. The molecule has 0 saturated carbocycles. The summed E-state index contributed by atoms with van der Waals surface area (Å²) in [7, 11) is 1.37. The molecule has 3 nitrogen and oxygen atoms in total. The van der Waals surface area contributed by atoms with Gasteiger partial charge in [-0.15, -0.1) is 0 Å². The topological polar surface area (TPSA) is 35.5 Å². The van der Waals surface area contributed by atoms with E-state index in [1.165, 1.54) is 7.11 Å². The van der Waals surface area contributed by atoms with Gasteiger partial charge in [0.1, 0.15) is 12.4 Å². The average molecular weight is 378 g/mol. The van der Waals surface area contributed by atoms with E-state index in [1.54, 1.807) is 6.08 Å². The molecule has 0 fully saturated rings. The largest absolute Gasteiger partial charge is 0.487 e. The zero-order valence-corrected chi connectivity index (χ0v) is 13.4. The smallest absolute Gasteiger partial charge is 0.333 e. The molecule has 0 spiro atoms. The lowest BCUT2D eigenvalue weighted by atomic mass is 10.2. The van der Waals surface area contributed by atoms with Gasteiger partial charge in [-0.25, -0.2) is 4.79 Å². The minimum Gasteiger partial charge on any atom is -0.487 e. The predicted octanol–water partition coefficient (Wildman–Crippen LogP) is 4.10. The quantitative estimate of drug-likeness (QED) is 0.572. The summed E-state index contributed by atoms with van der Waals surface area (Å²) in [5.41, 5.74) is 0.612. The van der Waals surface area contributed by atoms with Crippen LogP contribution in [-0.2, 0) is 9.53 Å². The van der Waals surface area contributed by atoms with Crippen LogP contribution in [0.3, 0.4) is 0 Å². The van der Waals surface area contributed by atoms with Crippen molar-refractivity contribution < 1.29 is 14.3 Å². The number of halogens is 2. The molecule has 0 bridgehead atoms. The van der Waals surface area contributed by atoms with Crippen molar-refractivity contribution in [3.63, 3.8) is 0 Å². The highest BCUT2D eigenvalue weighted by atomic mass is 79.9. The van der Waals surface area contributed by atoms with E-state index in [0.29, 0.717) is 24.4 Å². The van der Waals surface area contributed by atoms with E-state index >= 15 is 0 Å². The molecule has 5 heteroatoms. The molecule has 0 aliphatic carbocycles. The Hall–Kier alpha value is -0.810. The molecule has 0 amide bonds. The van der Waals surface area contributed by atoms with E-state index in [-0.39, 0.29) is 5.97 Å². The fourth-order valence-electron chi connectivity index (χ4n) is 1.35. The Balaban J connectivity index is 2.71. The molecule has 1 rings (SSSR count). The number of para-hydroxylation sites is 1. The third-order valence-electron chi connectivity index (χ3n) is 2.30. The molecule has 0 aliphatic rings. The molecular weight excluding hydrogens is 364 g/mol.